The van der Waals surface area contributed by atoms with Gasteiger partial charge in [0, 0.05) is 27.9 Å². The average molecular weight is 417 g/mol. The van der Waals surface area contributed by atoms with E-state index in [0.29, 0.717) is 28.9 Å². The first-order chi connectivity index (χ1) is 13.4. The van der Waals surface area contributed by atoms with E-state index in [1.54, 1.807) is 19.1 Å². The van der Waals surface area contributed by atoms with Gasteiger partial charge < -0.3 is 9.73 Å². The molecule has 28 heavy (non-hydrogen) atoms. The van der Waals surface area contributed by atoms with Crippen molar-refractivity contribution in [1.29, 1.82) is 0 Å². The van der Waals surface area contributed by atoms with E-state index < -0.39 is 10.8 Å². The van der Waals surface area contributed by atoms with Gasteiger partial charge in [-0.15, -0.1) is 0 Å². The van der Waals surface area contributed by atoms with E-state index in [1.165, 1.54) is 0 Å². The molecule has 7 heteroatoms. The zero-order valence-corrected chi connectivity index (χ0v) is 17.3. The Balaban J connectivity index is 1.55. The van der Waals surface area contributed by atoms with Gasteiger partial charge in [-0.2, -0.15) is 0 Å². The molecule has 0 bridgehead atoms. The Morgan fingerprint density at radius 3 is 2.46 bits per heavy atom. The fraction of sp³-hybridized carbons (Fsp3) is 0.238. The van der Waals surface area contributed by atoms with Crippen LogP contribution in [-0.2, 0) is 27.9 Å². The van der Waals surface area contributed by atoms with Crippen LogP contribution in [0.15, 0.2) is 52.9 Å². The number of hydrogen-bond acceptors (Lipinski definition) is 4. The van der Waals surface area contributed by atoms with Crippen LogP contribution in [0, 0.1) is 13.8 Å². The molecule has 0 spiro atoms. The van der Waals surface area contributed by atoms with Crippen molar-refractivity contribution >= 4 is 28.3 Å². The first-order valence-corrected chi connectivity index (χ1v) is 10.7. The van der Waals surface area contributed by atoms with Crippen LogP contribution in [0.1, 0.15) is 22.6 Å². The van der Waals surface area contributed by atoms with E-state index in [-0.39, 0.29) is 17.4 Å². The summed E-state index contributed by atoms with van der Waals surface area (Å²) in [5.41, 5.74) is 3.55. The highest BCUT2D eigenvalue weighted by Crippen LogP contribution is 2.24. The molecule has 0 saturated carbocycles. The molecule has 0 aliphatic carbocycles. The van der Waals surface area contributed by atoms with Crippen LogP contribution in [0.5, 0.6) is 0 Å². The van der Waals surface area contributed by atoms with Crippen LogP contribution in [0.3, 0.4) is 0 Å². The minimum Gasteiger partial charge on any atom is -0.441 e. The molecule has 3 aromatic rings. The summed E-state index contributed by atoms with van der Waals surface area (Å²) in [6, 6.07) is 15.0. The SMILES string of the molecule is Cc1ccc(CNC(=O)CS(=O)Cc2nc(-c3ccc(Cl)cc3)oc2C)cc1. The number of aromatic nitrogens is 1. The minimum absolute atomic E-state index is 0.0750. The molecule has 0 aliphatic rings. The van der Waals surface area contributed by atoms with E-state index in [0.717, 1.165) is 16.7 Å². The largest absolute Gasteiger partial charge is 0.441 e. The number of carbonyl (C=O) groups excluding carboxylic acids is 1. The quantitative estimate of drug-likeness (QED) is 0.627. The third-order valence-corrected chi connectivity index (χ3v) is 5.62. The van der Waals surface area contributed by atoms with Crippen LogP contribution >= 0.6 is 11.6 Å². The number of benzene rings is 2. The normalized spacial score (nSPS) is 12.0. The van der Waals surface area contributed by atoms with Gasteiger partial charge in [0.1, 0.15) is 11.5 Å². The summed E-state index contributed by atoms with van der Waals surface area (Å²) in [7, 11) is -1.38. The highest BCUT2D eigenvalue weighted by Gasteiger charge is 2.16. The van der Waals surface area contributed by atoms with Crippen LogP contribution < -0.4 is 5.32 Å². The van der Waals surface area contributed by atoms with Gasteiger partial charge in [0.15, 0.2) is 0 Å². The predicted octanol–water partition coefficient (Wildman–Crippen LogP) is 4.18. The van der Waals surface area contributed by atoms with Gasteiger partial charge in [-0.25, -0.2) is 4.98 Å². The van der Waals surface area contributed by atoms with Crippen LogP contribution in [-0.4, -0.2) is 20.9 Å². The summed E-state index contributed by atoms with van der Waals surface area (Å²) in [4.78, 5) is 16.5. The zero-order valence-electron chi connectivity index (χ0n) is 15.7. The van der Waals surface area contributed by atoms with E-state index in [2.05, 4.69) is 10.3 Å². The van der Waals surface area contributed by atoms with Gasteiger partial charge in [-0.1, -0.05) is 41.4 Å². The monoisotopic (exact) mass is 416 g/mol. The second-order valence-electron chi connectivity index (χ2n) is 6.52. The lowest BCUT2D eigenvalue weighted by atomic mass is 10.1. The number of nitrogens with zero attached hydrogens (tertiary/aromatic N) is 1. The molecular formula is C21H21ClN2O3S. The van der Waals surface area contributed by atoms with Crippen LogP contribution in [0.2, 0.25) is 5.02 Å². The molecule has 0 aliphatic heterocycles. The number of oxazole rings is 1. The Hall–Kier alpha value is -2.44. The Bertz CT molecular complexity index is 982. The van der Waals surface area contributed by atoms with Gasteiger partial charge in [-0.3, -0.25) is 9.00 Å². The van der Waals surface area contributed by atoms with Crippen LogP contribution in [0.25, 0.3) is 11.5 Å². The third kappa shape index (κ3) is 5.53. The highest BCUT2D eigenvalue weighted by atomic mass is 35.5. The molecule has 0 radical (unpaired) electrons. The maximum absolute atomic E-state index is 12.4. The van der Waals surface area contributed by atoms with Crippen molar-refractivity contribution in [1.82, 2.24) is 10.3 Å². The lowest BCUT2D eigenvalue weighted by Crippen LogP contribution is -2.28. The maximum Gasteiger partial charge on any atom is 0.232 e. The number of amides is 1. The standard InChI is InChI=1S/C21H21ClN2O3S/c1-14-3-5-16(6-4-14)11-23-20(25)13-28(26)12-19-15(2)27-21(24-19)17-7-9-18(22)10-8-17/h3-10H,11-13H2,1-2H3,(H,23,25). The molecule has 1 aromatic heterocycles. The summed E-state index contributed by atoms with van der Waals surface area (Å²) in [6.45, 7) is 4.20. The molecule has 5 nitrogen and oxygen atoms in total. The Kier molecular flexibility index (Phi) is 6.65. The first kappa shape index (κ1) is 20.3. The molecule has 1 heterocycles. The second kappa shape index (κ2) is 9.17. The molecule has 0 saturated heterocycles. The van der Waals surface area contributed by atoms with Crippen molar-refractivity contribution in [2.24, 2.45) is 0 Å². The van der Waals surface area contributed by atoms with Crippen molar-refractivity contribution in [3.05, 3.63) is 76.1 Å². The summed E-state index contributed by atoms with van der Waals surface area (Å²) < 4.78 is 18.0. The number of halogens is 1. The van der Waals surface area contributed by atoms with E-state index >= 15 is 0 Å². The number of hydrogen-bond donors (Lipinski definition) is 1. The molecule has 1 N–H and O–H groups in total. The number of aryl methyl sites for hydroxylation is 2. The number of carbonyl (C=O) groups is 1. The van der Waals surface area contributed by atoms with E-state index in [4.69, 9.17) is 16.0 Å². The number of nitrogens with one attached hydrogen (secondary N) is 1. The third-order valence-electron chi connectivity index (χ3n) is 4.18. The molecule has 146 valence electrons. The van der Waals surface area contributed by atoms with E-state index in [1.807, 2.05) is 43.3 Å². The first-order valence-electron chi connectivity index (χ1n) is 8.80. The lowest BCUT2D eigenvalue weighted by Gasteiger charge is -2.05. The fourth-order valence-electron chi connectivity index (χ4n) is 2.59. The molecular weight excluding hydrogens is 396 g/mol. The molecule has 1 amide bonds. The molecule has 3 rings (SSSR count). The summed E-state index contributed by atoms with van der Waals surface area (Å²) in [5.74, 6) is 0.885. The van der Waals surface area contributed by atoms with Gasteiger partial charge >= 0.3 is 0 Å². The fourth-order valence-corrected chi connectivity index (χ4v) is 3.78. The Morgan fingerprint density at radius 1 is 1.11 bits per heavy atom. The van der Waals surface area contributed by atoms with Crippen molar-refractivity contribution in [3.8, 4) is 11.5 Å². The maximum atomic E-state index is 12.4. The molecule has 1 unspecified atom stereocenters. The van der Waals surface area contributed by atoms with Gasteiger partial charge in [0.05, 0.1) is 11.4 Å². The average Bonchev–Trinajstić information content (AvgIpc) is 3.02. The summed E-state index contributed by atoms with van der Waals surface area (Å²) >= 11 is 5.90. The Morgan fingerprint density at radius 2 is 1.79 bits per heavy atom. The van der Waals surface area contributed by atoms with Crippen molar-refractivity contribution in [2.75, 3.05) is 5.75 Å². The highest BCUT2D eigenvalue weighted by molar-refractivity contribution is 7.84. The lowest BCUT2D eigenvalue weighted by molar-refractivity contribution is -0.118. The summed E-state index contributed by atoms with van der Waals surface area (Å²) in [6.07, 6.45) is 0. The minimum atomic E-state index is -1.38. The number of rotatable bonds is 7. The van der Waals surface area contributed by atoms with Gasteiger partial charge in [-0.05, 0) is 43.7 Å². The second-order valence-corrected chi connectivity index (χ2v) is 8.41. The van der Waals surface area contributed by atoms with Crippen molar-refractivity contribution < 1.29 is 13.4 Å². The van der Waals surface area contributed by atoms with Gasteiger partial charge in [0.25, 0.3) is 0 Å². The predicted molar refractivity (Wildman–Crippen MR) is 111 cm³/mol. The molecule has 1 atom stereocenters. The smallest absolute Gasteiger partial charge is 0.232 e. The molecule has 2 aromatic carbocycles. The van der Waals surface area contributed by atoms with Crippen molar-refractivity contribution in [2.45, 2.75) is 26.1 Å². The molecule has 0 fully saturated rings. The van der Waals surface area contributed by atoms with Crippen molar-refractivity contribution in [3.63, 3.8) is 0 Å². The zero-order chi connectivity index (χ0) is 20.1. The van der Waals surface area contributed by atoms with E-state index in [9.17, 15) is 9.00 Å². The topological polar surface area (TPSA) is 72.2 Å². The Labute approximate surface area is 171 Å². The summed E-state index contributed by atoms with van der Waals surface area (Å²) in [5, 5.41) is 3.43. The van der Waals surface area contributed by atoms with Crippen LogP contribution in [0.4, 0.5) is 0 Å². The van der Waals surface area contributed by atoms with Gasteiger partial charge in [0.2, 0.25) is 11.8 Å².